The largest absolute Gasteiger partial charge is 0.506 e. The van der Waals surface area contributed by atoms with E-state index in [-0.39, 0.29) is 22.4 Å². The number of Topliss-reactive ketones (excluding diaryl/α,β-unsaturated/α-hetero) is 1. The molecule has 1 aliphatic carbocycles. The Labute approximate surface area is 212 Å². The van der Waals surface area contributed by atoms with Gasteiger partial charge in [-0.05, 0) is 55.8 Å². The molecule has 0 aromatic heterocycles. The highest BCUT2D eigenvalue weighted by Crippen LogP contribution is 2.49. The number of carbonyl (C=O) groups excluding carboxylic acids is 1. The summed E-state index contributed by atoms with van der Waals surface area (Å²) in [6.07, 6.45) is 3.66. The molecule has 0 fully saturated rings. The summed E-state index contributed by atoms with van der Waals surface area (Å²) in [5.41, 5.74) is 6.25. The van der Waals surface area contributed by atoms with E-state index in [2.05, 4.69) is 37.2 Å². The monoisotopic (exact) mass is 485 g/mol. The van der Waals surface area contributed by atoms with Crippen LogP contribution in [0.3, 0.4) is 0 Å². The fraction of sp³-hybridized carbons (Fsp3) is 0.333. The predicted molar refractivity (Wildman–Crippen MR) is 142 cm³/mol. The normalized spacial score (nSPS) is 21.8. The number of methoxy groups -OCH3 is 2. The molecule has 0 atom stereocenters. The van der Waals surface area contributed by atoms with Gasteiger partial charge in [-0.15, -0.1) is 0 Å². The van der Waals surface area contributed by atoms with Crippen molar-refractivity contribution in [2.45, 2.75) is 38.5 Å². The molecule has 36 heavy (non-hydrogen) atoms. The highest BCUT2D eigenvalue weighted by atomic mass is 16.5. The zero-order valence-electron chi connectivity index (χ0n) is 22.2. The third-order valence-electron chi connectivity index (χ3n) is 8.04. The van der Waals surface area contributed by atoms with E-state index in [9.17, 15) is 9.90 Å². The number of benzene rings is 2. The fourth-order valence-electron chi connectivity index (χ4n) is 5.78. The van der Waals surface area contributed by atoms with Crippen molar-refractivity contribution < 1.29 is 24.0 Å². The third-order valence-corrected chi connectivity index (χ3v) is 8.04. The van der Waals surface area contributed by atoms with Gasteiger partial charge in [-0.2, -0.15) is 4.58 Å². The molecule has 0 radical (unpaired) electrons. The highest BCUT2D eigenvalue weighted by Gasteiger charge is 2.46. The molecule has 2 aromatic rings. The Kier molecular flexibility index (Phi) is 5.22. The third kappa shape index (κ3) is 3.16. The zero-order chi connectivity index (χ0) is 26.2. The first-order valence-corrected chi connectivity index (χ1v) is 12.1. The van der Waals surface area contributed by atoms with Crippen LogP contribution in [0.4, 0.5) is 11.4 Å². The first-order valence-electron chi connectivity index (χ1n) is 12.1. The summed E-state index contributed by atoms with van der Waals surface area (Å²) in [7, 11) is 7.29. The first-order chi connectivity index (χ1) is 16.9. The Hall–Kier alpha value is -3.80. The Bertz CT molecular complexity index is 1450. The molecular formula is C30H33N2O4+. The van der Waals surface area contributed by atoms with Gasteiger partial charge < -0.3 is 19.5 Å². The van der Waals surface area contributed by atoms with Crippen molar-refractivity contribution in [1.29, 1.82) is 0 Å². The van der Waals surface area contributed by atoms with E-state index in [0.717, 1.165) is 45.4 Å². The number of ketones is 1. The van der Waals surface area contributed by atoms with Crippen LogP contribution < -0.4 is 14.4 Å². The van der Waals surface area contributed by atoms with Crippen molar-refractivity contribution in [3.63, 3.8) is 0 Å². The summed E-state index contributed by atoms with van der Waals surface area (Å²) in [5, 5.41) is 11.0. The quantitative estimate of drug-likeness (QED) is 0.468. The average molecular weight is 486 g/mol. The minimum absolute atomic E-state index is 0.0375. The second kappa shape index (κ2) is 7.85. The summed E-state index contributed by atoms with van der Waals surface area (Å²) in [6, 6.07) is 12.0. The van der Waals surface area contributed by atoms with Gasteiger partial charge in [0.2, 0.25) is 11.5 Å². The average Bonchev–Trinajstić information content (AvgIpc) is 3.17. The van der Waals surface area contributed by atoms with Crippen LogP contribution in [0.15, 0.2) is 71.2 Å². The number of hydrogen-bond acceptors (Lipinski definition) is 5. The summed E-state index contributed by atoms with van der Waals surface area (Å²) in [6.45, 7) is 8.48. The molecule has 0 unspecified atom stereocenters. The maximum Gasteiger partial charge on any atom is 0.209 e. The maximum atomic E-state index is 13.3. The number of hydrogen-bond donors (Lipinski definition) is 1. The number of nitrogens with zero attached hydrogens (tertiary/aromatic N) is 2. The van der Waals surface area contributed by atoms with Gasteiger partial charge in [0.25, 0.3) is 0 Å². The molecule has 6 nitrogen and oxygen atoms in total. The van der Waals surface area contributed by atoms with Crippen LogP contribution in [0, 0.1) is 0 Å². The second-order valence-corrected chi connectivity index (χ2v) is 10.7. The van der Waals surface area contributed by atoms with E-state index in [0.29, 0.717) is 11.1 Å². The summed E-state index contributed by atoms with van der Waals surface area (Å²) >= 11 is 0. The Balaban J connectivity index is 1.53. The van der Waals surface area contributed by atoms with E-state index in [1.54, 1.807) is 14.2 Å². The van der Waals surface area contributed by atoms with Gasteiger partial charge in [0.15, 0.2) is 5.71 Å². The molecule has 2 heterocycles. The summed E-state index contributed by atoms with van der Waals surface area (Å²) in [4.78, 5) is 15.4. The maximum absolute atomic E-state index is 13.3. The van der Waals surface area contributed by atoms with Gasteiger partial charge in [-0.1, -0.05) is 13.8 Å². The lowest BCUT2D eigenvalue weighted by molar-refractivity contribution is -0.401. The van der Waals surface area contributed by atoms with Crippen LogP contribution in [-0.2, 0) is 15.6 Å². The van der Waals surface area contributed by atoms with Crippen LogP contribution in [0.1, 0.15) is 38.8 Å². The minimum Gasteiger partial charge on any atom is -0.506 e. The topological polar surface area (TPSA) is 62.0 Å². The van der Waals surface area contributed by atoms with Gasteiger partial charge in [0.05, 0.1) is 30.8 Å². The van der Waals surface area contributed by atoms with Gasteiger partial charge >= 0.3 is 0 Å². The lowest BCUT2D eigenvalue weighted by Crippen LogP contribution is -2.31. The van der Waals surface area contributed by atoms with Crippen LogP contribution in [-0.4, -0.2) is 49.5 Å². The molecule has 0 saturated carbocycles. The van der Waals surface area contributed by atoms with Crippen LogP contribution in [0.5, 0.6) is 11.5 Å². The summed E-state index contributed by atoms with van der Waals surface area (Å²) in [5.74, 6) is 1.48. The molecule has 0 spiro atoms. The van der Waals surface area contributed by atoms with Crippen molar-refractivity contribution in [1.82, 2.24) is 0 Å². The number of allylic oxidation sites excluding steroid dienone is 5. The molecule has 3 aliphatic rings. The van der Waals surface area contributed by atoms with Gasteiger partial charge in [0, 0.05) is 41.6 Å². The molecular weight excluding hydrogens is 452 g/mol. The van der Waals surface area contributed by atoms with Gasteiger partial charge in [-0.25, -0.2) is 0 Å². The fourth-order valence-corrected chi connectivity index (χ4v) is 5.78. The number of fused-ring (bicyclic) bond motifs is 2. The molecule has 0 amide bonds. The molecule has 0 saturated heterocycles. The number of carbonyl (C=O) groups is 1. The van der Waals surface area contributed by atoms with Crippen LogP contribution in [0.2, 0.25) is 0 Å². The molecule has 186 valence electrons. The Morgan fingerprint density at radius 2 is 1.53 bits per heavy atom. The zero-order valence-corrected chi connectivity index (χ0v) is 22.2. The van der Waals surface area contributed by atoms with E-state index in [4.69, 9.17) is 9.47 Å². The summed E-state index contributed by atoms with van der Waals surface area (Å²) < 4.78 is 12.9. The van der Waals surface area contributed by atoms with Crippen molar-refractivity contribution in [3.8, 4) is 11.5 Å². The van der Waals surface area contributed by atoms with E-state index in [1.165, 1.54) is 0 Å². The molecule has 6 heteroatoms. The van der Waals surface area contributed by atoms with Gasteiger partial charge in [0.1, 0.15) is 24.3 Å². The van der Waals surface area contributed by atoms with Crippen LogP contribution in [0.25, 0.3) is 0 Å². The number of aliphatic hydroxyl groups is 1. The van der Waals surface area contributed by atoms with Crippen molar-refractivity contribution in [2.75, 3.05) is 33.2 Å². The molecule has 0 bridgehead atoms. The lowest BCUT2D eigenvalue weighted by atomic mass is 9.77. The standard InChI is InChI=1S/C30H32N2O4/c1-29(2)21-13-17(35-7)9-11-23(21)31(5)25(29)15-19-27(33)20(28(19)34)16-26-30(3,4)22-14-18(36-8)10-12-24(22)32(26)6/h9-16H,1-8H3/p+1. The number of ether oxygens (including phenoxy) is 2. The Morgan fingerprint density at radius 3 is 2.14 bits per heavy atom. The van der Waals surface area contributed by atoms with E-state index in [1.807, 2.05) is 62.6 Å². The van der Waals surface area contributed by atoms with Crippen LogP contribution >= 0.6 is 0 Å². The number of likely N-dealkylation sites (N-methyl/N-ethyl adjacent to an activating group) is 1. The number of aliphatic hydroxyl groups excluding tert-OH is 1. The first kappa shape index (κ1) is 23.9. The molecule has 2 aliphatic heterocycles. The van der Waals surface area contributed by atoms with Crippen molar-refractivity contribution in [3.05, 3.63) is 82.3 Å². The van der Waals surface area contributed by atoms with Gasteiger partial charge in [-0.3, -0.25) is 4.79 Å². The SMILES string of the molecule is COc1ccc2c(c1)C(C)(C)C(=CC1=C(O)C(=CC3=[N+](C)c4ccc(OC)cc4C3(C)C)C1=O)N2C. The van der Waals surface area contributed by atoms with Crippen molar-refractivity contribution >= 4 is 22.9 Å². The minimum atomic E-state index is -0.352. The van der Waals surface area contributed by atoms with E-state index >= 15 is 0 Å². The van der Waals surface area contributed by atoms with E-state index < -0.39 is 0 Å². The number of anilines is 1. The van der Waals surface area contributed by atoms with Crippen molar-refractivity contribution in [2.24, 2.45) is 0 Å². The smallest absolute Gasteiger partial charge is 0.209 e. The lowest BCUT2D eigenvalue weighted by Gasteiger charge is -2.27. The molecule has 1 N–H and O–H groups in total. The highest BCUT2D eigenvalue weighted by molar-refractivity contribution is 6.24. The Morgan fingerprint density at radius 1 is 0.917 bits per heavy atom. The molecule has 5 rings (SSSR count). The second-order valence-electron chi connectivity index (χ2n) is 10.7. The number of rotatable bonds is 4. The predicted octanol–water partition coefficient (Wildman–Crippen LogP) is 5.34. The molecule has 2 aromatic carbocycles.